The Balaban J connectivity index is 1.68. The number of hydrogen-bond acceptors (Lipinski definition) is 6. The maximum absolute atomic E-state index is 14.5. The molecule has 2 aliphatic rings. The van der Waals surface area contributed by atoms with E-state index in [9.17, 15) is 8.78 Å². The van der Waals surface area contributed by atoms with Crippen LogP contribution in [0.25, 0.3) is 10.9 Å². The molecular weight excluding hydrogens is 390 g/mol. The second-order valence-electron chi connectivity index (χ2n) is 8.52. The van der Waals surface area contributed by atoms with Gasteiger partial charge in [-0.3, -0.25) is 4.90 Å². The second-order valence-corrected chi connectivity index (χ2v) is 8.87. The zero-order chi connectivity index (χ0) is 20.1. The number of halogens is 3. The standard InChI is InChI=1S/C19H23ClF2N4O2/c1-18(2,3)28-16-12-8-23-15(20)13(22)14(12)24-17(25-16)27-10-19-5-4-6-26(19)9-11(21)7-19/h8,11H,4-7,9-10H2,1-3H3/t11-,19+/m1/s1. The lowest BCUT2D eigenvalue weighted by Crippen LogP contribution is -2.43. The molecular formula is C19H23ClF2N4O2. The molecule has 2 aromatic heterocycles. The SMILES string of the molecule is CC(C)(C)Oc1nc(OC[C@@]23CCCN2C[C@H](F)C3)nc2c(F)c(Cl)ncc12. The Morgan fingerprint density at radius 2 is 2.14 bits per heavy atom. The molecule has 152 valence electrons. The molecule has 0 spiro atoms. The minimum absolute atomic E-state index is 0.0141. The van der Waals surface area contributed by atoms with E-state index in [1.54, 1.807) is 0 Å². The third-order valence-electron chi connectivity index (χ3n) is 5.22. The molecule has 0 aliphatic carbocycles. The van der Waals surface area contributed by atoms with Gasteiger partial charge in [-0.25, -0.2) is 13.8 Å². The van der Waals surface area contributed by atoms with E-state index in [1.165, 1.54) is 6.20 Å². The Kier molecular flexibility index (Phi) is 4.82. The van der Waals surface area contributed by atoms with E-state index in [2.05, 4.69) is 19.9 Å². The lowest BCUT2D eigenvalue weighted by atomic mass is 9.95. The minimum Gasteiger partial charge on any atom is -0.471 e. The molecule has 2 fully saturated rings. The van der Waals surface area contributed by atoms with Crippen molar-refractivity contribution in [2.45, 2.75) is 57.3 Å². The maximum atomic E-state index is 14.5. The summed E-state index contributed by atoms with van der Waals surface area (Å²) in [7, 11) is 0. The Morgan fingerprint density at radius 1 is 1.36 bits per heavy atom. The van der Waals surface area contributed by atoms with Gasteiger partial charge in [-0.15, -0.1) is 0 Å². The van der Waals surface area contributed by atoms with Crippen LogP contribution in [0.4, 0.5) is 8.78 Å². The maximum Gasteiger partial charge on any atom is 0.320 e. The Morgan fingerprint density at radius 3 is 2.89 bits per heavy atom. The number of hydrogen-bond donors (Lipinski definition) is 0. The number of aromatic nitrogens is 3. The zero-order valence-electron chi connectivity index (χ0n) is 16.1. The summed E-state index contributed by atoms with van der Waals surface area (Å²) in [4.78, 5) is 14.5. The molecule has 2 aliphatic heterocycles. The highest BCUT2D eigenvalue weighted by molar-refractivity contribution is 6.30. The van der Waals surface area contributed by atoms with Crippen molar-refractivity contribution in [3.05, 3.63) is 17.2 Å². The van der Waals surface area contributed by atoms with Crippen molar-refractivity contribution >= 4 is 22.5 Å². The molecule has 4 heterocycles. The first-order chi connectivity index (χ1) is 13.2. The zero-order valence-corrected chi connectivity index (χ0v) is 16.9. The number of alkyl halides is 1. The third kappa shape index (κ3) is 3.59. The molecule has 6 nitrogen and oxygen atoms in total. The fourth-order valence-corrected chi connectivity index (χ4v) is 4.21. The van der Waals surface area contributed by atoms with Crippen LogP contribution in [0.15, 0.2) is 6.20 Å². The average molecular weight is 413 g/mol. The van der Waals surface area contributed by atoms with E-state index in [-0.39, 0.29) is 34.7 Å². The van der Waals surface area contributed by atoms with Crippen LogP contribution >= 0.6 is 11.6 Å². The van der Waals surface area contributed by atoms with Gasteiger partial charge in [-0.1, -0.05) is 11.6 Å². The first-order valence-electron chi connectivity index (χ1n) is 9.40. The summed E-state index contributed by atoms with van der Waals surface area (Å²) >= 11 is 5.82. The van der Waals surface area contributed by atoms with Gasteiger partial charge in [0, 0.05) is 19.2 Å². The molecule has 0 N–H and O–H groups in total. The number of nitrogens with zero attached hydrogens (tertiary/aromatic N) is 4. The molecule has 2 aromatic rings. The molecule has 9 heteroatoms. The smallest absolute Gasteiger partial charge is 0.320 e. The Hall–Kier alpha value is -1.80. The van der Waals surface area contributed by atoms with E-state index in [0.29, 0.717) is 18.4 Å². The van der Waals surface area contributed by atoms with E-state index >= 15 is 0 Å². The average Bonchev–Trinajstić information content (AvgIpc) is 3.11. The van der Waals surface area contributed by atoms with Crippen LogP contribution in [0.1, 0.15) is 40.0 Å². The topological polar surface area (TPSA) is 60.4 Å². The summed E-state index contributed by atoms with van der Waals surface area (Å²) in [5, 5.41) is 0.0324. The first-order valence-corrected chi connectivity index (χ1v) is 9.77. The van der Waals surface area contributed by atoms with E-state index < -0.39 is 17.6 Å². The van der Waals surface area contributed by atoms with E-state index in [0.717, 1.165) is 19.4 Å². The van der Waals surface area contributed by atoms with Crippen LogP contribution in [-0.4, -0.2) is 56.9 Å². The van der Waals surface area contributed by atoms with Gasteiger partial charge < -0.3 is 9.47 Å². The van der Waals surface area contributed by atoms with Crippen molar-refractivity contribution in [2.24, 2.45) is 0 Å². The quantitative estimate of drug-likeness (QED) is 0.709. The second kappa shape index (κ2) is 6.91. The fraction of sp³-hybridized carbons (Fsp3) is 0.632. The molecule has 0 unspecified atom stereocenters. The van der Waals surface area contributed by atoms with Crippen LogP contribution < -0.4 is 9.47 Å². The van der Waals surface area contributed by atoms with Crippen molar-refractivity contribution in [1.29, 1.82) is 0 Å². The number of rotatable bonds is 4. The normalized spacial score (nSPS) is 25.3. The summed E-state index contributed by atoms with van der Waals surface area (Å²) in [5.74, 6) is -0.582. The molecule has 0 amide bonds. The van der Waals surface area contributed by atoms with Gasteiger partial charge in [0.15, 0.2) is 11.0 Å². The molecule has 2 saturated heterocycles. The van der Waals surface area contributed by atoms with Crippen molar-refractivity contribution in [3.8, 4) is 11.9 Å². The monoisotopic (exact) mass is 412 g/mol. The molecule has 0 aromatic carbocycles. The molecule has 28 heavy (non-hydrogen) atoms. The lowest BCUT2D eigenvalue weighted by Gasteiger charge is -2.30. The van der Waals surface area contributed by atoms with Crippen molar-refractivity contribution in [1.82, 2.24) is 19.9 Å². The van der Waals surface area contributed by atoms with Crippen molar-refractivity contribution in [3.63, 3.8) is 0 Å². The molecule has 4 rings (SSSR count). The molecule has 2 atom stereocenters. The fourth-order valence-electron chi connectivity index (χ4n) is 4.07. The Labute approximate surface area is 167 Å². The van der Waals surface area contributed by atoms with Crippen LogP contribution in [0, 0.1) is 5.82 Å². The van der Waals surface area contributed by atoms with Crippen molar-refractivity contribution < 1.29 is 18.3 Å². The van der Waals surface area contributed by atoms with E-state index in [4.69, 9.17) is 21.1 Å². The lowest BCUT2D eigenvalue weighted by molar-refractivity contribution is 0.102. The van der Waals surface area contributed by atoms with Crippen molar-refractivity contribution in [2.75, 3.05) is 19.7 Å². The van der Waals surface area contributed by atoms with Crippen LogP contribution in [0.5, 0.6) is 11.9 Å². The summed E-state index contributed by atoms with van der Waals surface area (Å²) in [6, 6.07) is -0.0172. The van der Waals surface area contributed by atoms with Gasteiger partial charge in [-0.05, 0) is 40.2 Å². The largest absolute Gasteiger partial charge is 0.471 e. The van der Waals surface area contributed by atoms with Crippen LogP contribution in [-0.2, 0) is 0 Å². The Bertz CT molecular complexity index is 908. The number of ether oxygens (including phenoxy) is 2. The molecule has 0 bridgehead atoms. The molecule has 0 saturated carbocycles. The number of pyridine rings is 1. The third-order valence-corrected chi connectivity index (χ3v) is 5.48. The van der Waals surface area contributed by atoms with Gasteiger partial charge in [0.05, 0.1) is 10.9 Å². The van der Waals surface area contributed by atoms with E-state index in [1.807, 2.05) is 20.8 Å². The van der Waals surface area contributed by atoms with Crippen LogP contribution in [0.2, 0.25) is 5.15 Å². The van der Waals surface area contributed by atoms with Gasteiger partial charge in [-0.2, -0.15) is 9.97 Å². The molecule has 0 radical (unpaired) electrons. The van der Waals surface area contributed by atoms with Crippen LogP contribution in [0.3, 0.4) is 0 Å². The summed E-state index contributed by atoms with van der Waals surface area (Å²) < 4.78 is 40.2. The highest BCUT2D eigenvalue weighted by Gasteiger charge is 2.49. The number of fused-ring (bicyclic) bond motifs is 2. The summed E-state index contributed by atoms with van der Waals surface area (Å²) in [5.41, 5.74) is -0.931. The highest BCUT2D eigenvalue weighted by atomic mass is 35.5. The predicted molar refractivity (Wildman–Crippen MR) is 101 cm³/mol. The predicted octanol–water partition coefficient (Wildman–Crippen LogP) is 3.95. The minimum atomic E-state index is -0.858. The summed E-state index contributed by atoms with van der Waals surface area (Å²) in [6.07, 6.45) is 2.81. The van der Waals surface area contributed by atoms with Gasteiger partial charge in [0.2, 0.25) is 5.88 Å². The van der Waals surface area contributed by atoms with Gasteiger partial charge in [0.25, 0.3) is 0 Å². The first kappa shape index (κ1) is 19.5. The highest BCUT2D eigenvalue weighted by Crippen LogP contribution is 2.40. The van der Waals surface area contributed by atoms with Gasteiger partial charge >= 0.3 is 6.01 Å². The summed E-state index contributed by atoms with van der Waals surface area (Å²) in [6.45, 7) is 7.10. The van der Waals surface area contributed by atoms with Gasteiger partial charge in [0.1, 0.15) is 23.9 Å².